The molecule has 23 heavy (non-hydrogen) atoms. The molecule has 3 rings (SSSR count). The topological polar surface area (TPSA) is 46.9 Å². The zero-order chi connectivity index (χ0) is 16.4. The zero-order valence-corrected chi connectivity index (χ0v) is 12.3. The summed E-state index contributed by atoms with van der Waals surface area (Å²) in [4.78, 5) is 12.1. The van der Waals surface area contributed by atoms with E-state index in [4.69, 9.17) is 0 Å². The molecule has 0 atom stereocenters. The summed E-state index contributed by atoms with van der Waals surface area (Å²) in [7, 11) is 0. The lowest BCUT2D eigenvalue weighted by atomic mass is 9.80. The molecule has 7 heteroatoms. The van der Waals surface area contributed by atoms with Crippen molar-refractivity contribution in [2.45, 2.75) is 37.9 Å². The van der Waals surface area contributed by atoms with Crippen molar-refractivity contribution in [2.75, 3.05) is 5.32 Å². The number of carbonyl (C=O) groups is 1. The molecule has 4 nitrogen and oxygen atoms in total. The van der Waals surface area contributed by atoms with Gasteiger partial charge in [-0.1, -0.05) is 18.6 Å². The Morgan fingerprint density at radius 3 is 2.52 bits per heavy atom. The first-order valence-corrected chi connectivity index (χ1v) is 7.41. The number of anilines is 1. The Hall–Kier alpha value is -2.31. The van der Waals surface area contributed by atoms with Crippen molar-refractivity contribution in [3.8, 4) is 0 Å². The average Bonchev–Trinajstić information content (AvgIpc) is 2.82. The molecule has 1 N–H and O–H groups in total. The lowest BCUT2D eigenvalue weighted by Crippen LogP contribution is -2.18. The van der Waals surface area contributed by atoms with Gasteiger partial charge in [-0.15, -0.1) is 0 Å². The third-order valence-electron chi connectivity index (χ3n) is 3.98. The van der Waals surface area contributed by atoms with Crippen LogP contribution in [0.15, 0.2) is 36.7 Å². The maximum absolute atomic E-state index is 12.3. The molecular formula is C16H16F3N3O. The van der Waals surface area contributed by atoms with E-state index in [2.05, 4.69) is 10.4 Å². The van der Waals surface area contributed by atoms with Crippen LogP contribution in [0.25, 0.3) is 0 Å². The van der Waals surface area contributed by atoms with Crippen molar-refractivity contribution in [3.63, 3.8) is 0 Å². The molecule has 0 saturated heterocycles. The fraction of sp³-hybridized carbons (Fsp3) is 0.375. The predicted molar refractivity (Wildman–Crippen MR) is 79.3 cm³/mol. The molecule has 122 valence electrons. The second kappa shape index (κ2) is 6.06. The summed E-state index contributed by atoms with van der Waals surface area (Å²) in [6, 6.07) is 7.35. The summed E-state index contributed by atoms with van der Waals surface area (Å²) in [5, 5.41) is 6.14. The highest BCUT2D eigenvalue weighted by molar-refractivity contribution is 6.04. The molecule has 0 unspecified atom stereocenters. The van der Waals surface area contributed by atoms with Gasteiger partial charge in [0.15, 0.2) is 0 Å². The van der Waals surface area contributed by atoms with E-state index in [9.17, 15) is 18.0 Å². The first kappa shape index (κ1) is 15.6. The number of alkyl halides is 3. The van der Waals surface area contributed by atoms with E-state index in [1.165, 1.54) is 31.0 Å². The molecule has 1 aliphatic rings. The SMILES string of the molecule is O=C(Nc1cnn(CC(F)(F)F)c1)c1ccc(C2CCC2)cc1. The van der Waals surface area contributed by atoms with Crippen LogP contribution in [0.3, 0.4) is 0 Å². The van der Waals surface area contributed by atoms with Crippen molar-refractivity contribution in [3.05, 3.63) is 47.8 Å². The number of amides is 1. The Bertz CT molecular complexity index is 687. The van der Waals surface area contributed by atoms with Crippen LogP contribution in [0.4, 0.5) is 18.9 Å². The van der Waals surface area contributed by atoms with Gasteiger partial charge in [0.05, 0.1) is 11.9 Å². The molecule has 0 spiro atoms. The van der Waals surface area contributed by atoms with Gasteiger partial charge in [-0.25, -0.2) is 0 Å². The van der Waals surface area contributed by atoms with E-state index in [1.54, 1.807) is 12.1 Å². The molecule has 1 heterocycles. The molecule has 0 bridgehead atoms. The van der Waals surface area contributed by atoms with E-state index in [0.717, 1.165) is 10.9 Å². The van der Waals surface area contributed by atoms with Gasteiger partial charge in [0.1, 0.15) is 6.54 Å². The first-order valence-electron chi connectivity index (χ1n) is 7.41. The minimum absolute atomic E-state index is 0.238. The van der Waals surface area contributed by atoms with Gasteiger partial charge in [-0.2, -0.15) is 18.3 Å². The number of benzene rings is 1. The Labute approximate surface area is 131 Å². The lowest BCUT2D eigenvalue weighted by molar-refractivity contribution is -0.142. The maximum Gasteiger partial charge on any atom is 0.408 e. The number of carbonyl (C=O) groups excluding carboxylic acids is 1. The molecule has 1 saturated carbocycles. The van der Waals surface area contributed by atoms with E-state index < -0.39 is 12.7 Å². The quantitative estimate of drug-likeness (QED) is 0.925. The second-order valence-corrected chi connectivity index (χ2v) is 5.75. The van der Waals surface area contributed by atoms with E-state index >= 15 is 0 Å². The minimum Gasteiger partial charge on any atom is -0.319 e. The summed E-state index contributed by atoms with van der Waals surface area (Å²) in [5.41, 5.74) is 1.93. The third kappa shape index (κ3) is 3.91. The number of hydrogen-bond acceptors (Lipinski definition) is 2. The average molecular weight is 323 g/mol. The molecule has 1 aliphatic carbocycles. The summed E-state index contributed by atoms with van der Waals surface area (Å²) in [5.74, 6) is 0.226. The highest BCUT2D eigenvalue weighted by Crippen LogP contribution is 2.36. The predicted octanol–water partition coefficient (Wildman–Crippen LogP) is 3.97. The summed E-state index contributed by atoms with van der Waals surface area (Å²) in [6.07, 6.45) is 1.63. The standard InChI is InChI=1S/C16H16F3N3O/c17-16(18,19)10-22-9-14(8-20-22)21-15(23)13-6-4-12(5-7-13)11-2-1-3-11/h4-9,11H,1-3,10H2,(H,21,23). The zero-order valence-electron chi connectivity index (χ0n) is 12.3. The number of hydrogen-bond donors (Lipinski definition) is 1. The van der Waals surface area contributed by atoms with Crippen LogP contribution in [0, 0.1) is 0 Å². The van der Waals surface area contributed by atoms with E-state index in [0.29, 0.717) is 11.5 Å². The van der Waals surface area contributed by atoms with E-state index in [1.807, 2.05) is 12.1 Å². The largest absolute Gasteiger partial charge is 0.408 e. The van der Waals surface area contributed by atoms with Crippen LogP contribution in [0.1, 0.15) is 41.1 Å². The Morgan fingerprint density at radius 1 is 1.26 bits per heavy atom. The molecule has 1 aromatic heterocycles. The lowest BCUT2D eigenvalue weighted by Gasteiger charge is -2.25. The summed E-state index contributed by atoms with van der Waals surface area (Å²) < 4.78 is 37.5. The highest BCUT2D eigenvalue weighted by atomic mass is 19.4. The molecule has 0 aliphatic heterocycles. The third-order valence-corrected chi connectivity index (χ3v) is 3.98. The van der Waals surface area contributed by atoms with Crippen LogP contribution >= 0.6 is 0 Å². The molecular weight excluding hydrogens is 307 g/mol. The minimum atomic E-state index is -4.34. The normalized spacial score (nSPS) is 15.3. The van der Waals surface area contributed by atoms with Crippen LogP contribution in [0.2, 0.25) is 0 Å². The van der Waals surface area contributed by atoms with Gasteiger partial charge in [0, 0.05) is 11.8 Å². The fourth-order valence-electron chi connectivity index (χ4n) is 2.55. The fourth-order valence-corrected chi connectivity index (χ4v) is 2.55. The van der Waals surface area contributed by atoms with Gasteiger partial charge in [0.25, 0.3) is 5.91 Å². The van der Waals surface area contributed by atoms with Gasteiger partial charge in [-0.05, 0) is 36.5 Å². The second-order valence-electron chi connectivity index (χ2n) is 5.75. The van der Waals surface area contributed by atoms with Crippen LogP contribution in [-0.4, -0.2) is 21.9 Å². The number of nitrogens with zero attached hydrogens (tertiary/aromatic N) is 2. The molecule has 1 fully saturated rings. The maximum atomic E-state index is 12.3. The Balaban J connectivity index is 1.62. The number of nitrogens with one attached hydrogen (secondary N) is 1. The van der Waals surface area contributed by atoms with Crippen molar-refractivity contribution in [2.24, 2.45) is 0 Å². The van der Waals surface area contributed by atoms with Gasteiger partial charge < -0.3 is 5.32 Å². The number of rotatable bonds is 4. The van der Waals surface area contributed by atoms with Crippen LogP contribution in [-0.2, 0) is 6.54 Å². The van der Waals surface area contributed by atoms with Crippen molar-refractivity contribution < 1.29 is 18.0 Å². The Morgan fingerprint density at radius 2 is 1.96 bits per heavy atom. The number of halogens is 3. The van der Waals surface area contributed by atoms with Gasteiger partial charge in [-0.3, -0.25) is 9.48 Å². The van der Waals surface area contributed by atoms with E-state index in [-0.39, 0.29) is 11.6 Å². The highest BCUT2D eigenvalue weighted by Gasteiger charge is 2.28. The smallest absolute Gasteiger partial charge is 0.319 e. The number of aromatic nitrogens is 2. The molecule has 2 aromatic rings. The van der Waals surface area contributed by atoms with Gasteiger partial charge >= 0.3 is 6.18 Å². The molecule has 1 aromatic carbocycles. The Kier molecular flexibility index (Phi) is 4.11. The van der Waals surface area contributed by atoms with Crippen molar-refractivity contribution in [1.82, 2.24) is 9.78 Å². The van der Waals surface area contributed by atoms with Crippen LogP contribution in [0.5, 0.6) is 0 Å². The van der Waals surface area contributed by atoms with Gasteiger partial charge in [0.2, 0.25) is 0 Å². The van der Waals surface area contributed by atoms with Crippen molar-refractivity contribution >= 4 is 11.6 Å². The summed E-state index contributed by atoms with van der Waals surface area (Å²) in [6.45, 7) is -1.18. The van der Waals surface area contributed by atoms with Crippen molar-refractivity contribution in [1.29, 1.82) is 0 Å². The molecule has 1 amide bonds. The summed E-state index contributed by atoms with van der Waals surface area (Å²) >= 11 is 0. The monoisotopic (exact) mass is 323 g/mol. The molecule has 0 radical (unpaired) electrons. The first-order chi connectivity index (χ1) is 10.9. The van der Waals surface area contributed by atoms with Crippen LogP contribution < -0.4 is 5.32 Å².